The summed E-state index contributed by atoms with van der Waals surface area (Å²) in [6.07, 6.45) is 4.01. The van der Waals surface area contributed by atoms with Crippen molar-refractivity contribution in [3.63, 3.8) is 0 Å². The maximum absolute atomic E-state index is 12.2. The van der Waals surface area contributed by atoms with Gasteiger partial charge in [0.2, 0.25) is 11.8 Å². The molecule has 1 fully saturated rings. The molecule has 0 aliphatic carbocycles. The molecule has 0 aromatic heterocycles. The van der Waals surface area contributed by atoms with E-state index in [4.69, 9.17) is 0 Å². The second-order valence-electron chi connectivity index (χ2n) is 6.62. The molecule has 128 valence electrons. The number of carbonyl (C=O) groups excluding carboxylic acids is 2. The van der Waals surface area contributed by atoms with Crippen LogP contribution in [0.5, 0.6) is 0 Å². The Balaban J connectivity index is 2.50. The highest BCUT2D eigenvalue weighted by Gasteiger charge is 2.31. The molecular formula is C17H33N3O2. The first-order valence-electron chi connectivity index (χ1n) is 8.70. The van der Waals surface area contributed by atoms with Crippen molar-refractivity contribution >= 4 is 11.8 Å². The molecule has 0 radical (unpaired) electrons. The average molecular weight is 311 g/mol. The smallest absolute Gasteiger partial charge is 0.237 e. The maximum Gasteiger partial charge on any atom is 0.237 e. The molecule has 0 aromatic carbocycles. The lowest BCUT2D eigenvalue weighted by Gasteiger charge is -2.39. The zero-order valence-corrected chi connectivity index (χ0v) is 14.8. The lowest BCUT2D eigenvalue weighted by Crippen LogP contribution is -2.55. The molecule has 2 N–H and O–H groups in total. The van der Waals surface area contributed by atoms with Crippen molar-refractivity contribution in [3.05, 3.63) is 0 Å². The Morgan fingerprint density at radius 3 is 2.50 bits per heavy atom. The molecule has 1 heterocycles. The zero-order chi connectivity index (χ0) is 16.7. The van der Waals surface area contributed by atoms with E-state index < -0.39 is 0 Å². The van der Waals surface area contributed by atoms with Gasteiger partial charge in [-0.05, 0) is 32.6 Å². The summed E-state index contributed by atoms with van der Waals surface area (Å²) in [5, 5.41) is 6.54. The molecule has 1 saturated heterocycles. The number of nitrogens with zero attached hydrogens (tertiary/aromatic N) is 1. The standard InChI is InChI=1S/C17H33N3O2/c1-6-8-12(3)18-17(22)13(4)19-16-9-10-20(14(5)21)11-15(16)7-2/h12-13,15-16,19H,6-11H2,1-5H3,(H,18,22)/t12-,13-,15-,16+/m0/s1. The van der Waals surface area contributed by atoms with Gasteiger partial charge in [0.25, 0.3) is 0 Å². The lowest BCUT2D eigenvalue weighted by molar-refractivity contribution is -0.131. The maximum atomic E-state index is 12.2. The van der Waals surface area contributed by atoms with Crippen LogP contribution < -0.4 is 10.6 Å². The van der Waals surface area contributed by atoms with Crippen LogP contribution in [-0.4, -0.2) is 47.9 Å². The Labute approximate surface area is 135 Å². The Morgan fingerprint density at radius 2 is 1.95 bits per heavy atom. The van der Waals surface area contributed by atoms with Crippen LogP contribution in [0, 0.1) is 5.92 Å². The van der Waals surface area contributed by atoms with Gasteiger partial charge in [-0.1, -0.05) is 26.7 Å². The van der Waals surface area contributed by atoms with Crippen LogP contribution in [0.1, 0.15) is 60.3 Å². The van der Waals surface area contributed by atoms with E-state index in [9.17, 15) is 9.59 Å². The fourth-order valence-corrected chi connectivity index (χ4v) is 3.22. The number of hydrogen-bond acceptors (Lipinski definition) is 3. The van der Waals surface area contributed by atoms with E-state index in [1.165, 1.54) is 0 Å². The van der Waals surface area contributed by atoms with Crippen LogP contribution in [0.3, 0.4) is 0 Å². The molecule has 0 unspecified atom stereocenters. The first-order valence-corrected chi connectivity index (χ1v) is 8.70. The Morgan fingerprint density at radius 1 is 1.27 bits per heavy atom. The average Bonchev–Trinajstić information content (AvgIpc) is 2.47. The summed E-state index contributed by atoms with van der Waals surface area (Å²) in [5.41, 5.74) is 0. The van der Waals surface area contributed by atoms with Gasteiger partial charge in [-0.3, -0.25) is 9.59 Å². The first-order chi connectivity index (χ1) is 10.4. The number of hydrogen-bond donors (Lipinski definition) is 2. The minimum Gasteiger partial charge on any atom is -0.352 e. The first kappa shape index (κ1) is 18.9. The largest absolute Gasteiger partial charge is 0.352 e. The van der Waals surface area contributed by atoms with Gasteiger partial charge in [0, 0.05) is 32.1 Å². The minimum absolute atomic E-state index is 0.0739. The number of rotatable bonds is 7. The molecule has 5 heteroatoms. The molecule has 2 amide bonds. The Hall–Kier alpha value is -1.10. The topological polar surface area (TPSA) is 61.4 Å². The van der Waals surface area contributed by atoms with Gasteiger partial charge in [0.05, 0.1) is 6.04 Å². The molecule has 0 bridgehead atoms. The van der Waals surface area contributed by atoms with E-state index in [0.29, 0.717) is 12.0 Å². The number of carbonyl (C=O) groups is 2. The summed E-state index contributed by atoms with van der Waals surface area (Å²) in [4.78, 5) is 25.7. The van der Waals surface area contributed by atoms with Crippen molar-refractivity contribution in [3.8, 4) is 0 Å². The van der Waals surface area contributed by atoms with Crippen molar-refractivity contribution < 1.29 is 9.59 Å². The highest BCUT2D eigenvalue weighted by Crippen LogP contribution is 2.20. The molecule has 5 nitrogen and oxygen atoms in total. The van der Waals surface area contributed by atoms with E-state index in [-0.39, 0.29) is 23.9 Å². The molecule has 0 aromatic rings. The molecular weight excluding hydrogens is 278 g/mol. The third kappa shape index (κ3) is 5.59. The second-order valence-corrected chi connectivity index (χ2v) is 6.62. The number of piperidine rings is 1. The van der Waals surface area contributed by atoms with E-state index in [1.807, 2.05) is 18.7 Å². The second kappa shape index (κ2) is 9.13. The van der Waals surface area contributed by atoms with Crippen molar-refractivity contribution in [2.45, 2.75) is 78.4 Å². The quantitative estimate of drug-likeness (QED) is 0.755. The van der Waals surface area contributed by atoms with E-state index in [2.05, 4.69) is 24.5 Å². The fraction of sp³-hybridized carbons (Fsp3) is 0.882. The van der Waals surface area contributed by atoms with Crippen LogP contribution in [0.2, 0.25) is 0 Å². The van der Waals surface area contributed by atoms with E-state index in [1.54, 1.807) is 6.92 Å². The number of likely N-dealkylation sites (tertiary alicyclic amines) is 1. The van der Waals surface area contributed by atoms with Crippen LogP contribution in [-0.2, 0) is 9.59 Å². The number of nitrogens with one attached hydrogen (secondary N) is 2. The SMILES string of the molecule is CCC[C@H](C)NC(=O)[C@H](C)N[C@@H]1CCN(C(C)=O)C[C@@H]1CC. The monoisotopic (exact) mass is 311 g/mol. The molecule has 4 atom stereocenters. The Bertz CT molecular complexity index is 373. The zero-order valence-electron chi connectivity index (χ0n) is 14.8. The molecule has 0 saturated carbocycles. The van der Waals surface area contributed by atoms with Gasteiger partial charge in [-0.2, -0.15) is 0 Å². The summed E-state index contributed by atoms with van der Waals surface area (Å²) >= 11 is 0. The summed E-state index contributed by atoms with van der Waals surface area (Å²) in [7, 11) is 0. The van der Waals surface area contributed by atoms with Crippen LogP contribution in [0.15, 0.2) is 0 Å². The molecule has 1 aliphatic rings. The summed E-state index contributed by atoms with van der Waals surface area (Å²) in [6.45, 7) is 11.5. The van der Waals surface area contributed by atoms with E-state index >= 15 is 0 Å². The van der Waals surface area contributed by atoms with Crippen LogP contribution in [0.25, 0.3) is 0 Å². The van der Waals surface area contributed by atoms with Gasteiger partial charge in [0.15, 0.2) is 0 Å². The highest BCUT2D eigenvalue weighted by molar-refractivity contribution is 5.81. The van der Waals surface area contributed by atoms with Crippen molar-refractivity contribution in [1.29, 1.82) is 0 Å². The van der Waals surface area contributed by atoms with Gasteiger partial charge in [0.1, 0.15) is 0 Å². The number of amides is 2. The predicted octanol–water partition coefficient (Wildman–Crippen LogP) is 1.92. The molecule has 0 spiro atoms. The van der Waals surface area contributed by atoms with Gasteiger partial charge >= 0.3 is 0 Å². The third-order valence-corrected chi connectivity index (χ3v) is 4.67. The summed E-state index contributed by atoms with van der Waals surface area (Å²) < 4.78 is 0. The lowest BCUT2D eigenvalue weighted by atomic mass is 9.89. The molecule has 1 rings (SSSR count). The van der Waals surface area contributed by atoms with Crippen molar-refractivity contribution in [2.75, 3.05) is 13.1 Å². The fourth-order valence-electron chi connectivity index (χ4n) is 3.22. The van der Waals surface area contributed by atoms with Gasteiger partial charge in [-0.25, -0.2) is 0 Å². The molecule has 1 aliphatic heterocycles. The van der Waals surface area contributed by atoms with Gasteiger partial charge < -0.3 is 15.5 Å². The molecule has 22 heavy (non-hydrogen) atoms. The highest BCUT2D eigenvalue weighted by atomic mass is 16.2. The van der Waals surface area contributed by atoms with Crippen LogP contribution >= 0.6 is 0 Å². The summed E-state index contributed by atoms with van der Waals surface area (Å²) in [6, 6.07) is 0.341. The predicted molar refractivity (Wildman–Crippen MR) is 89.6 cm³/mol. The van der Waals surface area contributed by atoms with Crippen LogP contribution in [0.4, 0.5) is 0 Å². The van der Waals surface area contributed by atoms with Gasteiger partial charge in [-0.15, -0.1) is 0 Å². The third-order valence-electron chi connectivity index (χ3n) is 4.67. The normalized spacial score (nSPS) is 24.7. The summed E-state index contributed by atoms with van der Waals surface area (Å²) in [5.74, 6) is 0.641. The Kier molecular flexibility index (Phi) is 7.87. The minimum atomic E-state index is -0.192. The van der Waals surface area contributed by atoms with E-state index in [0.717, 1.165) is 38.8 Å². The van der Waals surface area contributed by atoms with Crippen molar-refractivity contribution in [1.82, 2.24) is 15.5 Å². The van der Waals surface area contributed by atoms with Crippen molar-refractivity contribution in [2.24, 2.45) is 5.92 Å².